The summed E-state index contributed by atoms with van der Waals surface area (Å²) in [5, 5.41) is 0. The normalized spacial score (nSPS) is 14.0. The van der Waals surface area contributed by atoms with E-state index in [0.717, 1.165) is 103 Å². The molecule has 0 aromatic carbocycles. The fraction of sp³-hybridized carbons (Fsp3) is 0.676. The van der Waals surface area contributed by atoms with E-state index in [-0.39, 0.29) is 32.0 Å². The smallest absolute Gasteiger partial charge is 0.462 e. The monoisotopic (exact) mass is 1190 g/mol. The molecule has 0 aliphatic heterocycles. The third-order valence-corrected chi connectivity index (χ3v) is 15.1. The minimum atomic E-state index is -4.40. The molecule has 84 heavy (non-hydrogen) atoms. The van der Waals surface area contributed by atoms with Gasteiger partial charge in [0, 0.05) is 12.8 Å². The van der Waals surface area contributed by atoms with Crippen LogP contribution in [0.5, 0.6) is 0 Å². The Morgan fingerprint density at radius 3 is 1.01 bits per heavy atom. The number of ether oxygens (including phenoxy) is 2. The van der Waals surface area contributed by atoms with Crippen molar-refractivity contribution >= 4 is 19.8 Å². The Balaban J connectivity index is 4.05. The number of rotatable bonds is 61. The molecule has 0 aromatic heterocycles. The van der Waals surface area contributed by atoms with Crippen molar-refractivity contribution in [3.05, 3.63) is 134 Å². The summed E-state index contributed by atoms with van der Waals surface area (Å²) in [5.74, 6) is -0.804. The van der Waals surface area contributed by atoms with Gasteiger partial charge in [-0.25, -0.2) is 4.57 Å². The summed E-state index contributed by atoms with van der Waals surface area (Å²) in [6.45, 7) is 4.29. The van der Waals surface area contributed by atoms with Gasteiger partial charge in [0.2, 0.25) is 0 Å². The summed E-state index contributed by atoms with van der Waals surface area (Å²) >= 11 is 0. The molecule has 1 N–H and O–H groups in total. The molecule has 0 aromatic rings. The molecule has 0 radical (unpaired) electrons. The van der Waals surface area contributed by atoms with Gasteiger partial charge in [0.05, 0.1) is 27.7 Å². The number of carbonyl (C=O) groups is 2. The third kappa shape index (κ3) is 67.3. The second-order valence-corrected chi connectivity index (χ2v) is 24.9. The number of phosphoric acid groups is 1. The largest absolute Gasteiger partial charge is 0.472 e. The maximum Gasteiger partial charge on any atom is 0.472 e. The van der Waals surface area contributed by atoms with E-state index >= 15 is 0 Å². The average Bonchev–Trinajstić information content (AvgIpc) is 3.61. The first-order chi connectivity index (χ1) is 41.0. The minimum absolute atomic E-state index is 0.0260. The van der Waals surface area contributed by atoms with Crippen LogP contribution in [0.25, 0.3) is 0 Å². The fourth-order valence-corrected chi connectivity index (χ4v) is 9.72. The number of unbranched alkanes of at least 4 members (excludes halogenated alkanes) is 25. The molecule has 0 rings (SSSR count). The summed E-state index contributed by atoms with van der Waals surface area (Å²) in [7, 11) is 1.47. The summed E-state index contributed by atoms with van der Waals surface area (Å²) in [5.41, 5.74) is 0. The molecule has 0 aliphatic rings. The number of likely N-dealkylation sites (N-methyl/N-ethyl adjacent to an activating group) is 1. The molecule has 0 amide bonds. The highest BCUT2D eigenvalue weighted by Gasteiger charge is 2.27. The molecule has 0 aliphatic carbocycles. The number of hydrogen-bond acceptors (Lipinski definition) is 7. The quantitative estimate of drug-likeness (QED) is 0.0211. The lowest BCUT2D eigenvalue weighted by Gasteiger charge is -2.24. The van der Waals surface area contributed by atoms with Crippen LogP contribution in [-0.2, 0) is 32.7 Å². The van der Waals surface area contributed by atoms with E-state index in [9.17, 15) is 19.0 Å². The minimum Gasteiger partial charge on any atom is -0.462 e. The van der Waals surface area contributed by atoms with Crippen molar-refractivity contribution in [1.82, 2.24) is 0 Å². The first-order valence-electron chi connectivity index (χ1n) is 33.9. The van der Waals surface area contributed by atoms with Crippen molar-refractivity contribution < 1.29 is 42.1 Å². The van der Waals surface area contributed by atoms with E-state index < -0.39 is 26.5 Å². The van der Waals surface area contributed by atoms with Crippen LogP contribution in [0, 0.1) is 0 Å². The zero-order valence-corrected chi connectivity index (χ0v) is 55.5. The average molecular weight is 1190 g/mol. The zero-order chi connectivity index (χ0) is 61.2. The van der Waals surface area contributed by atoms with Crippen LogP contribution in [0.1, 0.15) is 271 Å². The van der Waals surface area contributed by atoms with Gasteiger partial charge in [0.1, 0.15) is 19.8 Å². The van der Waals surface area contributed by atoms with Crippen molar-refractivity contribution in [3.63, 3.8) is 0 Å². The number of carbonyl (C=O) groups excluding carboxylic acids is 2. The van der Waals surface area contributed by atoms with Crippen LogP contribution in [0.3, 0.4) is 0 Å². The standard InChI is InChI=1S/C74H126NO8P/c1-6-8-10-12-14-16-18-20-22-24-26-27-28-29-30-31-32-33-34-35-36-37-38-39-40-41-42-43-44-45-46-47-49-51-53-55-57-59-61-63-65-67-74(77)83-72(71-82-84(78,79)81-69-68-75(3,4)5)70-80-73(76)66-64-62-60-58-56-54-52-50-48-25-23-21-19-17-15-13-11-9-7-2/h8,10,14-17,20-23,26-27,29-30,32-33,35-36,38-39,41-42,72H,6-7,9,11-13,18-19,24-25,28,31,34,37,40,43-71H2,1-5H3/p+1/b10-8-,16-14-,17-15-,22-20-,23-21-,27-26-,30-29-,33-32-,36-35-,39-38-,42-41-. The number of phosphoric ester groups is 1. The summed E-state index contributed by atoms with van der Waals surface area (Å²) in [4.78, 5) is 35.8. The maximum absolute atomic E-state index is 12.9. The molecule has 0 bridgehead atoms. The molecule has 9 nitrogen and oxygen atoms in total. The SMILES string of the molecule is CC/C=C\C/C=C\C/C=C\C/C=C\C/C=C\C/C=C\C/C=C\C/C=C\C/C=C\CCCCCCCCCCCCCCCC(=O)OC(COC(=O)CCCCCCCCCCC/C=C\C/C=C\CCCCC)COP(=O)(O)OCC[N+](C)(C)C. The lowest BCUT2D eigenvalue weighted by molar-refractivity contribution is -0.870. The lowest BCUT2D eigenvalue weighted by atomic mass is 10.0. The van der Waals surface area contributed by atoms with Gasteiger partial charge in [-0.2, -0.15) is 0 Å². The Bertz CT molecular complexity index is 1880. The first-order valence-corrected chi connectivity index (χ1v) is 35.4. The van der Waals surface area contributed by atoms with E-state index in [1.165, 1.54) is 135 Å². The predicted octanol–water partition coefficient (Wildman–Crippen LogP) is 22.0. The maximum atomic E-state index is 12.9. The van der Waals surface area contributed by atoms with Crippen LogP contribution in [0.4, 0.5) is 0 Å². The Morgan fingerprint density at radius 2 is 0.679 bits per heavy atom. The summed E-state index contributed by atoms with van der Waals surface area (Å²) in [6, 6.07) is 0. The molecule has 0 saturated heterocycles. The van der Waals surface area contributed by atoms with Crippen LogP contribution >= 0.6 is 7.82 Å². The van der Waals surface area contributed by atoms with Crippen molar-refractivity contribution in [1.29, 1.82) is 0 Å². The van der Waals surface area contributed by atoms with Gasteiger partial charge < -0.3 is 18.9 Å². The number of hydrogen-bond donors (Lipinski definition) is 1. The number of nitrogens with zero attached hydrogens (tertiary/aromatic N) is 1. The third-order valence-electron chi connectivity index (χ3n) is 14.2. The molecule has 10 heteroatoms. The van der Waals surface area contributed by atoms with Crippen molar-refractivity contribution in [2.75, 3.05) is 47.5 Å². The topological polar surface area (TPSA) is 108 Å². The fourth-order valence-electron chi connectivity index (χ4n) is 8.98. The van der Waals surface area contributed by atoms with Gasteiger partial charge in [-0.05, 0) is 116 Å². The molecule has 2 unspecified atom stereocenters. The number of quaternary nitrogens is 1. The van der Waals surface area contributed by atoms with E-state index in [4.69, 9.17) is 18.5 Å². The van der Waals surface area contributed by atoms with Crippen molar-refractivity contribution in [2.45, 2.75) is 277 Å². The van der Waals surface area contributed by atoms with Gasteiger partial charge in [-0.3, -0.25) is 18.6 Å². The van der Waals surface area contributed by atoms with Gasteiger partial charge in [0.15, 0.2) is 6.10 Å². The second kappa shape index (κ2) is 63.6. The number of esters is 2. The van der Waals surface area contributed by atoms with Crippen LogP contribution < -0.4 is 0 Å². The molecule has 0 heterocycles. The molecule has 0 saturated carbocycles. The second-order valence-electron chi connectivity index (χ2n) is 23.5. The van der Waals surface area contributed by atoms with Gasteiger partial charge >= 0.3 is 19.8 Å². The van der Waals surface area contributed by atoms with E-state index in [2.05, 4.69) is 148 Å². The molecular formula is C74H127NO8P+. The van der Waals surface area contributed by atoms with Crippen LogP contribution in [-0.4, -0.2) is 74.9 Å². The molecule has 0 spiro atoms. The highest BCUT2D eigenvalue weighted by molar-refractivity contribution is 7.47. The van der Waals surface area contributed by atoms with Crippen LogP contribution in [0.2, 0.25) is 0 Å². The highest BCUT2D eigenvalue weighted by Crippen LogP contribution is 2.43. The van der Waals surface area contributed by atoms with E-state index in [1.807, 2.05) is 21.1 Å². The first kappa shape index (κ1) is 80.2. The Morgan fingerprint density at radius 1 is 0.381 bits per heavy atom. The highest BCUT2D eigenvalue weighted by atomic mass is 31.2. The van der Waals surface area contributed by atoms with Gasteiger partial charge in [-0.15, -0.1) is 0 Å². The van der Waals surface area contributed by atoms with Crippen molar-refractivity contribution in [2.24, 2.45) is 0 Å². The summed E-state index contributed by atoms with van der Waals surface area (Å²) in [6.07, 6.45) is 92.6. The van der Waals surface area contributed by atoms with Crippen molar-refractivity contribution in [3.8, 4) is 0 Å². The Labute approximate surface area is 517 Å². The Hall–Kier alpha value is -3.85. The molecular weight excluding hydrogens is 1060 g/mol. The lowest BCUT2D eigenvalue weighted by Crippen LogP contribution is -2.37. The van der Waals surface area contributed by atoms with E-state index in [0.29, 0.717) is 17.4 Å². The number of allylic oxidation sites excluding steroid dienone is 22. The molecule has 2 atom stereocenters. The van der Waals surface area contributed by atoms with E-state index in [1.54, 1.807) is 0 Å². The van der Waals surface area contributed by atoms with Gasteiger partial charge in [0.25, 0.3) is 0 Å². The predicted molar refractivity (Wildman–Crippen MR) is 362 cm³/mol. The zero-order valence-electron chi connectivity index (χ0n) is 54.6. The van der Waals surface area contributed by atoms with Crippen LogP contribution in [0.15, 0.2) is 134 Å². The van der Waals surface area contributed by atoms with Gasteiger partial charge in [-0.1, -0.05) is 276 Å². The molecule has 0 fully saturated rings. The Kier molecular flexibility index (Phi) is 60.7. The summed E-state index contributed by atoms with van der Waals surface area (Å²) < 4.78 is 34.7. The molecule has 480 valence electrons.